The van der Waals surface area contributed by atoms with Crippen molar-refractivity contribution in [2.75, 3.05) is 0 Å². The van der Waals surface area contributed by atoms with E-state index in [9.17, 15) is 19.5 Å². The van der Waals surface area contributed by atoms with Gasteiger partial charge in [0.2, 0.25) is 0 Å². The molecule has 2 aromatic rings. The van der Waals surface area contributed by atoms with Crippen molar-refractivity contribution in [1.29, 1.82) is 0 Å². The monoisotopic (exact) mass is 588 g/mol. The molecule has 0 radical (unpaired) electrons. The third kappa shape index (κ3) is 4.32. The molecule has 0 spiro atoms. The molecule has 0 aliphatic heterocycles. The maximum absolute atomic E-state index is 12.2. The van der Waals surface area contributed by atoms with E-state index in [2.05, 4.69) is 45.2 Å². The highest BCUT2D eigenvalue weighted by molar-refractivity contribution is 14.1. The van der Waals surface area contributed by atoms with Crippen LogP contribution in [-0.4, -0.2) is 14.9 Å². The number of hydrogen-bond donors (Lipinski definition) is 3. The van der Waals surface area contributed by atoms with Gasteiger partial charge in [0.25, 0.3) is 0 Å². The summed E-state index contributed by atoms with van der Waals surface area (Å²) in [4.78, 5) is 19.9. The van der Waals surface area contributed by atoms with Gasteiger partial charge < -0.3 is 19.6 Å². The van der Waals surface area contributed by atoms with Gasteiger partial charge in [-0.2, -0.15) is 0 Å². The summed E-state index contributed by atoms with van der Waals surface area (Å²) in [5.41, 5.74) is 0.623. The highest BCUT2D eigenvalue weighted by Gasteiger charge is 2.45. The average Bonchev–Trinajstić information content (AvgIpc) is 2.53. The largest absolute Gasteiger partial charge is 0.508 e. The van der Waals surface area contributed by atoms with Crippen LogP contribution in [0.4, 0.5) is 0 Å². The van der Waals surface area contributed by atoms with E-state index >= 15 is 0 Å². The summed E-state index contributed by atoms with van der Waals surface area (Å²) in [5.74, 6) is 1.36. The Morgan fingerprint density at radius 2 is 1.52 bits per heavy atom. The van der Waals surface area contributed by atoms with E-state index in [0.29, 0.717) is 29.9 Å². The van der Waals surface area contributed by atoms with Gasteiger partial charge >= 0.3 is 7.60 Å². The molecule has 0 heterocycles. The molecule has 8 heteroatoms. The summed E-state index contributed by atoms with van der Waals surface area (Å²) in [5, 5.41) is 8.17. The number of halogens is 2. The van der Waals surface area contributed by atoms with Crippen LogP contribution in [0.2, 0.25) is 0 Å². The molecule has 0 aliphatic rings. The van der Waals surface area contributed by atoms with Crippen LogP contribution in [0.5, 0.6) is 17.2 Å². The van der Waals surface area contributed by atoms with Gasteiger partial charge in [-0.05, 0) is 100.0 Å². The fourth-order valence-corrected chi connectivity index (χ4v) is 6.07. The van der Waals surface area contributed by atoms with Gasteiger partial charge in [-0.25, -0.2) is 0 Å². The molecule has 3 N–H and O–H groups in total. The molecular formula is C17H19I2O5P. The maximum atomic E-state index is 12.2. The van der Waals surface area contributed by atoms with Crippen LogP contribution in [0.15, 0.2) is 36.4 Å². The van der Waals surface area contributed by atoms with Crippen LogP contribution in [0.25, 0.3) is 0 Å². The molecule has 25 heavy (non-hydrogen) atoms. The van der Waals surface area contributed by atoms with Gasteiger partial charge in [-0.1, -0.05) is 13.8 Å². The van der Waals surface area contributed by atoms with E-state index in [0.717, 1.165) is 7.14 Å². The van der Waals surface area contributed by atoms with Gasteiger partial charge in [0.15, 0.2) is 5.75 Å². The Balaban J connectivity index is 2.49. The van der Waals surface area contributed by atoms with E-state index in [4.69, 9.17) is 4.74 Å². The molecule has 0 aromatic heterocycles. The molecule has 0 bridgehead atoms. The van der Waals surface area contributed by atoms with Crippen molar-refractivity contribution in [2.24, 2.45) is 0 Å². The minimum absolute atomic E-state index is 0.157. The Hall–Kier alpha value is -0.350. The second kappa shape index (κ2) is 8.12. The zero-order valence-corrected chi connectivity index (χ0v) is 18.9. The van der Waals surface area contributed by atoms with Crippen molar-refractivity contribution < 1.29 is 24.2 Å². The van der Waals surface area contributed by atoms with Crippen molar-refractivity contribution in [2.45, 2.75) is 31.8 Å². The first-order valence-corrected chi connectivity index (χ1v) is 11.4. The molecule has 0 fully saturated rings. The first kappa shape index (κ1) is 21.0. The lowest BCUT2D eigenvalue weighted by Crippen LogP contribution is -2.25. The summed E-state index contributed by atoms with van der Waals surface area (Å²) in [6, 6.07) is 9.96. The SMILES string of the molecule is CCC(CC)(c1cc(I)c(Oc2ccc(O)cc2)c(I)c1)P(=O)(O)O. The zero-order valence-electron chi connectivity index (χ0n) is 13.7. The average molecular weight is 588 g/mol. The molecule has 136 valence electrons. The van der Waals surface area contributed by atoms with Crippen LogP contribution in [0.3, 0.4) is 0 Å². The summed E-state index contributed by atoms with van der Waals surface area (Å²) < 4.78 is 19.6. The van der Waals surface area contributed by atoms with E-state index in [1.807, 2.05) is 0 Å². The van der Waals surface area contributed by atoms with Crippen molar-refractivity contribution >= 4 is 52.8 Å². The summed E-state index contributed by atoms with van der Waals surface area (Å²) in [6.07, 6.45) is 0.691. The Bertz CT molecular complexity index is 774. The fourth-order valence-electron chi connectivity index (χ4n) is 2.80. The Labute approximate surface area is 174 Å². The molecule has 0 saturated heterocycles. The van der Waals surface area contributed by atoms with Crippen molar-refractivity contribution in [3.05, 3.63) is 49.1 Å². The lowest BCUT2D eigenvalue weighted by atomic mass is 9.92. The van der Waals surface area contributed by atoms with Crippen LogP contribution in [0.1, 0.15) is 32.3 Å². The quantitative estimate of drug-likeness (QED) is 0.303. The van der Waals surface area contributed by atoms with Crippen LogP contribution < -0.4 is 4.74 Å². The Morgan fingerprint density at radius 3 is 1.92 bits per heavy atom. The first-order valence-electron chi connectivity index (χ1n) is 7.66. The number of rotatable bonds is 6. The van der Waals surface area contributed by atoms with Crippen LogP contribution in [-0.2, 0) is 9.72 Å². The second-order valence-corrected chi connectivity index (χ2v) is 9.92. The first-order chi connectivity index (χ1) is 11.6. The second-order valence-electron chi connectivity index (χ2n) is 5.65. The summed E-state index contributed by atoms with van der Waals surface area (Å²) >= 11 is 4.23. The van der Waals surface area contributed by atoms with E-state index in [-0.39, 0.29) is 5.75 Å². The Kier molecular flexibility index (Phi) is 6.81. The van der Waals surface area contributed by atoms with Crippen molar-refractivity contribution in [3.8, 4) is 17.2 Å². The minimum Gasteiger partial charge on any atom is -0.508 e. The van der Waals surface area contributed by atoms with Gasteiger partial charge in [-0.3, -0.25) is 4.57 Å². The maximum Gasteiger partial charge on any atom is 0.335 e. The smallest absolute Gasteiger partial charge is 0.335 e. The minimum atomic E-state index is -4.33. The number of phenols is 1. The predicted octanol–water partition coefficient (Wildman–Crippen LogP) is 5.59. The highest BCUT2D eigenvalue weighted by atomic mass is 127. The molecule has 0 unspecified atom stereocenters. The van der Waals surface area contributed by atoms with Gasteiger partial charge in [0.05, 0.1) is 12.3 Å². The molecule has 0 aliphatic carbocycles. The number of phenolic OH excluding ortho intramolecular Hbond substituents is 1. The predicted molar refractivity (Wildman–Crippen MR) is 114 cm³/mol. The molecule has 2 rings (SSSR count). The number of aromatic hydroxyl groups is 1. The summed E-state index contributed by atoms with van der Waals surface area (Å²) in [6.45, 7) is 3.59. The third-order valence-electron chi connectivity index (χ3n) is 4.32. The molecule has 2 aromatic carbocycles. The van der Waals surface area contributed by atoms with Gasteiger partial charge in [0.1, 0.15) is 11.5 Å². The highest BCUT2D eigenvalue weighted by Crippen LogP contribution is 2.61. The van der Waals surface area contributed by atoms with E-state index < -0.39 is 12.8 Å². The van der Waals surface area contributed by atoms with Gasteiger partial charge in [-0.15, -0.1) is 0 Å². The standard InChI is InChI=1S/C17H19I2O5P/c1-3-17(4-2,25(21,22)23)11-9-14(18)16(15(19)10-11)24-13-7-5-12(20)6-8-13/h5-10,20H,3-4H2,1-2H3,(H2,21,22,23). The van der Waals surface area contributed by atoms with Gasteiger partial charge in [0, 0.05) is 0 Å². The zero-order chi connectivity index (χ0) is 18.8. The normalized spacial score (nSPS) is 12.2. The lowest BCUT2D eigenvalue weighted by Gasteiger charge is -2.33. The Morgan fingerprint density at radius 1 is 1.04 bits per heavy atom. The van der Waals surface area contributed by atoms with Crippen molar-refractivity contribution in [3.63, 3.8) is 0 Å². The van der Waals surface area contributed by atoms with E-state index in [1.165, 1.54) is 12.1 Å². The molecular weight excluding hydrogens is 569 g/mol. The molecule has 0 amide bonds. The fraction of sp³-hybridized carbons (Fsp3) is 0.294. The number of ether oxygens (including phenoxy) is 1. The van der Waals surface area contributed by atoms with Crippen LogP contribution in [0, 0.1) is 7.14 Å². The van der Waals surface area contributed by atoms with E-state index in [1.54, 1.807) is 38.1 Å². The number of hydrogen-bond acceptors (Lipinski definition) is 3. The molecule has 5 nitrogen and oxygen atoms in total. The molecule has 0 atom stereocenters. The topological polar surface area (TPSA) is 87.0 Å². The van der Waals surface area contributed by atoms with Crippen LogP contribution >= 0.6 is 52.8 Å². The summed E-state index contributed by atoms with van der Waals surface area (Å²) in [7, 11) is -4.33. The molecule has 0 saturated carbocycles. The number of benzene rings is 2. The third-order valence-corrected chi connectivity index (χ3v) is 7.93. The van der Waals surface area contributed by atoms with Crippen molar-refractivity contribution in [1.82, 2.24) is 0 Å². The lowest BCUT2D eigenvalue weighted by molar-refractivity contribution is 0.315.